The van der Waals surface area contributed by atoms with Crippen LogP contribution in [0.15, 0.2) is 18.5 Å². The summed E-state index contributed by atoms with van der Waals surface area (Å²) in [5.74, 6) is -0.350. The van der Waals surface area contributed by atoms with E-state index in [9.17, 15) is 9.59 Å². The molecule has 0 aliphatic carbocycles. The minimum Gasteiger partial charge on any atom is -0.469 e. The van der Waals surface area contributed by atoms with Crippen molar-refractivity contribution in [3.05, 3.63) is 18.5 Å². The Hall–Kier alpha value is -1.85. The van der Waals surface area contributed by atoms with Gasteiger partial charge in [-0.2, -0.15) is 5.10 Å². The molecule has 0 spiro atoms. The summed E-state index contributed by atoms with van der Waals surface area (Å²) in [4.78, 5) is 25.7. The summed E-state index contributed by atoms with van der Waals surface area (Å²) in [5.41, 5.74) is 0. The van der Waals surface area contributed by atoms with Gasteiger partial charge < -0.3 is 9.64 Å². The van der Waals surface area contributed by atoms with Crippen LogP contribution in [0.25, 0.3) is 0 Å². The van der Waals surface area contributed by atoms with Crippen LogP contribution in [0.4, 0.5) is 0 Å². The van der Waals surface area contributed by atoms with Crippen molar-refractivity contribution in [1.82, 2.24) is 14.7 Å². The zero-order chi connectivity index (χ0) is 14.0. The first-order valence-electron chi connectivity index (χ1n) is 6.40. The molecule has 3 unspecified atom stereocenters. The Kier molecular flexibility index (Phi) is 3.87. The molecule has 0 saturated carbocycles. The summed E-state index contributed by atoms with van der Waals surface area (Å²) in [6.07, 6.45) is 3.41. The van der Waals surface area contributed by atoms with E-state index in [-0.39, 0.29) is 29.8 Å². The van der Waals surface area contributed by atoms with Crippen molar-refractivity contribution in [3.63, 3.8) is 0 Å². The largest absolute Gasteiger partial charge is 0.469 e. The monoisotopic (exact) mass is 265 g/mol. The molecule has 1 aliphatic rings. The topological polar surface area (TPSA) is 64.4 Å². The van der Waals surface area contributed by atoms with Gasteiger partial charge in [0.2, 0.25) is 5.91 Å². The Morgan fingerprint density at radius 1 is 1.42 bits per heavy atom. The standard InChI is InChI=1S/C13H19N3O3/c1-9-7-15(8-11(9)13(18)19-3)12(17)10(2)16-6-4-5-14-16/h4-6,9-11H,7-8H2,1-3H3. The molecule has 0 bridgehead atoms. The van der Waals surface area contributed by atoms with Crippen molar-refractivity contribution in [3.8, 4) is 0 Å². The van der Waals surface area contributed by atoms with Crippen LogP contribution in [0.2, 0.25) is 0 Å². The van der Waals surface area contributed by atoms with Crippen LogP contribution < -0.4 is 0 Å². The number of nitrogens with zero attached hydrogens (tertiary/aromatic N) is 3. The molecule has 1 amide bonds. The summed E-state index contributed by atoms with van der Waals surface area (Å²) in [7, 11) is 1.38. The fourth-order valence-corrected chi connectivity index (χ4v) is 2.49. The number of hydrogen-bond donors (Lipinski definition) is 0. The molecular weight excluding hydrogens is 246 g/mol. The van der Waals surface area contributed by atoms with E-state index < -0.39 is 0 Å². The summed E-state index contributed by atoms with van der Waals surface area (Å²) in [6, 6.07) is 1.44. The van der Waals surface area contributed by atoms with Crippen molar-refractivity contribution < 1.29 is 14.3 Å². The van der Waals surface area contributed by atoms with Crippen LogP contribution in [-0.2, 0) is 14.3 Å². The van der Waals surface area contributed by atoms with E-state index in [1.165, 1.54) is 7.11 Å². The highest BCUT2D eigenvalue weighted by atomic mass is 16.5. The second-order valence-electron chi connectivity index (χ2n) is 5.01. The molecular formula is C13H19N3O3. The molecule has 2 heterocycles. The highest BCUT2D eigenvalue weighted by Gasteiger charge is 2.39. The summed E-state index contributed by atoms with van der Waals surface area (Å²) >= 11 is 0. The third kappa shape index (κ3) is 2.62. The van der Waals surface area contributed by atoms with Gasteiger partial charge in [-0.25, -0.2) is 0 Å². The molecule has 1 aliphatic heterocycles. The van der Waals surface area contributed by atoms with Crippen LogP contribution in [0, 0.1) is 11.8 Å². The first-order valence-corrected chi connectivity index (χ1v) is 6.40. The first-order chi connectivity index (χ1) is 9.04. The summed E-state index contributed by atoms with van der Waals surface area (Å²) in [6.45, 7) is 4.79. The Morgan fingerprint density at radius 2 is 2.16 bits per heavy atom. The third-order valence-electron chi connectivity index (χ3n) is 3.71. The van der Waals surface area contributed by atoms with Crippen LogP contribution >= 0.6 is 0 Å². The van der Waals surface area contributed by atoms with Crippen LogP contribution in [0.5, 0.6) is 0 Å². The van der Waals surface area contributed by atoms with Gasteiger partial charge in [0.1, 0.15) is 6.04 Å². The number of amides is 1. The number of ether oxygens (including phenoxy) is 1. The number of aromatic nitrogens is 2. The normalized spacial score (nSPS) is 24.3. The lowest BCUT2D eigenvalue weighted by molar-refractivity contribution is -0.146. The van der Waals surface area contributed by atoms with E-state index >= 15 is 0 Å². The van der Waals surface area contributed by atoms with Crippen molar-refractivity contribution in [2.75, 3.05) is 20.2 Å². The Morgan fingerprint density at radius 3 is 2.74 bits per heavy atom. The average Bonchev–Trinajstić information content (AvgIpc) is 3.05. The number of likely N-dealkylation sites (tertiary alicyclic amines) is 1. The molecule has 3 atom stereocenters. The van der Waals surface area contributed by atoms with Gasteiger partial charge in [-0.15, -0.1) is 0 Å². The zero-order valence-electron chi connectivity index (χ0n) is 11.4. The molecule has 0 aromatic carbocycles. The van der Waals surface area contributed by atoms with E-state index in [1.807, 2.05) is 13.8 Å². The molecule has 19 heavy (non-hydrogen) atoms. The fraction of sp³-hybridized carbons (Fsp3) is 0.615. The number of esters is 1. The molecule has 0 N–H and O–H groups in total. The highest BCUT2D eigenvalue weighted by Crippen LogP contribution is 2.26. The van der Waals surface area contributed by atoms with Gasteiger partial charge in [0.25, 0.3) is 0 Å². The number of rotatable bonds is 3. The molecule has 2 rings (SSSR count). The Labute approximate surface area is 112 Å². The Balaban J connectivity index is 2.04. The van der Waals surface area contributed by atoms with Gasteiger partial charge in [-0.1, -0.05) is 6.92 Å². The predicted molar refractivity (Wildman–Crippen MR) is 68.2 cm³/mol. The van der Waals surface area contributed by atoms with Gasteiger partial charge in [-0.3, -0.25) is 14.3 Å². The molecule has 0 radical (unpaired) electrons. The minimum atomic E-state index is -0.349. The third-order valence-corrected chi connectivity index (χ3v) is 3.71. The highest BCUT2D eigenvalue weighted by molar-refractivity contribution is 5.82. The van der Waals surface area contributed by atoms with Gasteiger partial charge in [0.05, 0.1) is 13.0 Å². The van der Waals surface area contributed by atoms with Crippen LogP contribution in [0.1, 0.15) is 19.9 Å². The zero-order valence-corrected chi connectivity index (χ0v) is 11.4. The van der Waals surface area contributed by atoms with Gasteiger partial charge in [-0.05, 0) is 18.9 Å². The Bertz CT molecular complexity index is 458. The number of carbonyl (C=O) groups excluding carboxylic acids is 2. The first kappa shape index (κ1) is 13.6. The lowest BCUT2D eigenvalue weighted by Gasteiger charge is -2.21. The molecule has 6 heteroatoms. The lowest BCUT2D eigenvalue weighted by Crippen LogP contribution is -2.35. The molecule has 1 aromatic rings. The van der Waals surface area contributed by atoms with E-state index in [2.05, 4.69) is 5.10 Å². The average molecular weight is 265 g/mol. The second-order valence-corrected chi connectivity index (χ2v) is 5.01. The van der Waals surface area contributed by atoms with Crippen LogP contribution in [0.3, 0.4) is 0 Å². The maximum atomic E-state index is 12.4. The second kappa shape index (κ2) is 5.42. The van der Waals surface area contributed by atoms with Crippen molar-refractivity contribution in [1.29, 1.82) is 0 Å². The van der Waals surface area contributed by atoms with E-state index in [0.29, 0.717) is 13.1 Å². The van der Waals surface area contributed by atoms with Crippen molar-refractivity contribution in [2.45, 2.75) is 19.9 Å². The molecule has 1 saturated heterocycles. The smallest absolute Gasteiger partial charge is 0.310 e. The summed E-state index contributed by atoms with van der Waals surface area (Å²) in [5, 5.41) is 4.08. The van der Waals surface area contributed by atoms with E-state index in [1.54, 1.807) is 28.0 Å². The van der Waals surface area contributed by atoms with Gasteiger partial charge in [0, 0.05) is 25.5 Å². The number of hydrogen-bond acceptors (Lipinski definition) is 4. The van der Waals surface area contributed by atoms with Gasteiger partial charge >= 0.3 is 5.97 Å². The molecule has 6 nitrogen and oxygen atoms in total. The van der Waals surface area contributed by atoms with E-state index in [0.717, 1.165) is 0 Å². The maximum Gasteiger partial charge on any atom is 0.310 e. The minimum absolute atomic E-state index is 0.0121. The van der Waals surface area contributed by atoms with E-state index in [4.69, 9.17) is 4.74 Å². The lowest BCUT2D eigenvalue weighted by atomic mass is 9.99. The number of methoxy groups -OCH3 is 1. The van der Waals surface area contributed by atoms with Crippen molar-refractivity contribution in [2.24, 2.45) is 11.8 Å². The van der Waals surface area contributed by atoms with Crippen LogP contribution in [-0.4, -0.2) is 46.8 Å². The summed E-state index contributed by atoms with van der Waals surface area (Å²) < 4.78 is 6.39. The molecule has 104 valence electrons. The fourth-order valence-electron chi connectivity index (χ4n) is 2.49. The maximum absolute atomic E-state index is 12.4. The quantitative estimate of drug-likeness (QED) is 0.755. The van der Waals surface area contributed by atoms with Gasteiger partial charge in [0.15, 0.2) is 0 Å². The number of carbonyl (C=O) groups is 2. The molecule has 1 aromatic heterocycles. The van der Waals surface area contributed by atoms with Crippen molar-refractivity contribution >= 4 is 11.9 Å². The predicted octanol–water partition coefficient (Wildman–Crippen LogP) is 0.712. The molecule has 1 fully saturated rings. The SMILES string of the molecule is COC(=O)C1CN(C(=O)C(C)n2cccn2)CC1C.